The monoisotopic (exact) mass is 343 g/mol. The first-order valence-corrected chi connectivity index (χ1v) is 8.75. The molecular weight excluding hydrogens is 322 g/mol. The van der Waals surface area contributed by atoms with Crippen LogP contribution in [0.3, 0.4) is 0 Å². The highest BCUT2D eigenvalue weighted by Gasteiger charge is 2.18. The van der Waals surface area contributed by atoms with Gasteiger partial charge in [0.1, 0.15) is 5.76 Å². The van der Waals surface area contributed by atoms with Crippen LogP contribution in [0, 0.1) is 13.8 Å². The fourth-order valence-electron chi connectivity index (χ4n) is 2.74. The quantitative estimate of drug-likeness (QED) is 0.763. The number of nitrogens with zero attached hydrogens (tertiary/aromatic N) is 2. The van der Waals surface area contributed by atoms with E-state index in [0.717, 1.165) is 22.6 Å². The average Bonchev–Trinajstić information content (AvgIpc) is 3.13. The standard InChI is InChI=1S/C18H21N3O2S/c1-11(16-10-24-17-8-6-5-7-14(16)17)19-18(22)21(4)9-15-12(2)20-23-13(15)3/h5-8,10-11H,9H2,1-4H3,(H,19,22)/t11-/m1/s1. The summed E-state index contributed by atoms with van der Waals surface area (Å²) in [5.74, 6) is 0.754. The third kappa shape index (κ3) is 3.14. The van der Waals surface area contributed by atoms with Gasteiger partial charge in [-0.1, -0.05) is 23.4 Å². The molecule has 1 atom stereocenters. The van der Waals surface area contributed by atoms with E-state index in [0.29, 0.717) is 6.54 Å². The van der Waals surface area contributed by atoms with Crippen molar-refractivity contribution in [2.45, 2.75) is 33.4 Å². The van der Waals surface area contributed by atoms with Crippen molar-refractivity contribution in [3.05, 3.63) is 52.2 Å². The fraction of sp³-hybridized carbons (Fsp3) is 0.333. The number of aromatic nitrogens is 1. The third-order valence-electron chi connectivity index (χ3n) is 4.24. The summed E-state index contributed by atoms with van der Waals surface area (Å²) in [6.45, 7) is 6.24. The molecule has 0 radical (unpaired) electrons. The van der Waals surface area contributed by atoms with E-state index in [2.05, 4.69) is 28.0 Å². The van der Waals surface area contributed by atoms with Gasteiger partial charge in [-0.3, -0.25) is 0 Å². The van der Waals surface area contributed by atoms with E-state index in [4.69, 9.17) is 4.52 Å². The van der Waals surface area contributed by atoms with E-state index in [-0.39, 0.29) is 12.1 Å². The van der Waals surface area contributed by atoms with Crippen LogP contribution in [0.2, 0.25) is 0 Å². The summed E-state index contributed by atoms with van der Waals surface area (Å²) in [5, 5.41) is 10.3. The molecule has 0 aliphatic carbocycles. The highest BCUT2D eigenvalue weighted by Crippen LogP contribution is 2.30. The Balaban J connectivity index is 1.69. The molecule has 3 aromatic rings. The maximum absolute atomic E-state index is 12.5. The molecule has 0 unspecified atom stereocenters. The first kappa shape index (κ1) is 16.5. The number of carbonyl (C=O) groups is 1. The Morgan fingerprint density at radius 3 is 2.83 bits per heavy atom. The van der Waals surface area contributed by atoms with Crippen molar-refractivity contribution < 1.29 is 9.32 Å². The second-order valence-corrected chi connectivity index (χ2v) is 6.93. The van der Waals surface area contributed by atoms with E-state index < -0.39 is 0 Å². The third-order valence-corrected chi connectivity index (χ3v) is 5.22. The van der Waals surface area contributed by atoms with Crippen LogP contribution in [0.5, 0.6) is 0 Å². The van der Waals surface area contributed by atoms with Gasteiger partial charge < -0.3 is 14.7 Å². The van der Waals surface area contributed by atoms with Crippen molar-refractivity contribution >= 4 is 27.5 Å². The Morgan fingerprint density at radius 2 is 2.12 bits per heavy atom. The highest BCUT2D eigenvalue weighted by atomic mass is 32.1. The van der Waals surface area contributed by atoms with Crippen LogP contribution < -0.4 is 5.32 Å². The molecule has 0 saturated heterocycles. The highest BCUT2D eigenvalue weighted by molar-refractivity contribution is 7.17. The van der Waals surface area contributed by atoms with Gasteiger partial charge in [0.2, 0.25) is 0 Å². The van der Waals surface area contributed by atoms with Crippen molar-refractivity contribution in [1.82, 2.24) is 15.4 Å². The lowest BCUT2D eigenvalue weighted by Gasteiger charge is -2.21. The summed E-state index contributed by atoms with van der Waals surface area (Å²) in [5.41, 5.74) is 2.93. The van der Waals surface area contributed by atoms with E-state index in [1.54, 1.807) is 23.3 Å². The van der Waals surface area contributed by atoms with Crippen molar-refractivity contribution in [2.75, 3.05) is 7.05 Å². The Kier molecular flexibility index (Phi) is 4.57. The van der Waals surface area contributed by atoms with E-state index in [9.17, 15) is 4.79 Å². The number of carbonyl (C=O) groups excluding carboxylic acids is 1. The van der Waals surface area contributed by atoms with Gasteiger partial charge in [-0.05, 0) is 43.2 Å². The van der Waals surface area contributed by atoms with Crippen LogP contribution >= 0.6 is 11.3 Å². The number of benzene rings is 1. The van der Waals surface area contributed by atoms with Crippen molar-refractivity contribution in [1.29, 1.82) is 0 Å². The van der Waals surface area contributed by atoms with Gasteiger partial charge in [0.15, 0.2) is 0 Å². The van der Waals surface area contributed by atoms with Crippen LogP contribution in [0.4, 0.5) is 4.79 Å². The first-order valence-electron chi connectivity index (χ1n) is 7.87. The number of aryl methyl sites for hydroxylation is 2. The largest absolute Gasteiger partial charge is 0.361 e. The molecule has 1 aromatic carbocycles. The molecule has 5 nitrogen and oxygen atoms in total. The Hall–Kier alpha value is -2.34. The van der Waals surface area contributed by atoms with Crippen molar-refractivity contribution in [3.8, 4) is 0 Å². The predicted octanol–water partition coefficient (Wildman–Crippen LogP) is 4.41. The summed E-state index contributed by atoms with van der Waals surface area (Å²) in [7, 11) is 1.78. The lowest BCUT2D eigenvalue weighted by atomic mass is 10.1. The summed E-state index contributed by atoms with van der Waals surface area (Å²) >= 11 is 1.70. The van der Waals surface area contributed by atoms with Crippen molar-refractivity contribution in [3.63, 3.8) is 0 Å². The number of thiophene rings is 1. The Labute approximate surface area is 145 Å². The van der Waals surface area contributed by atoms with Crippen LogP contribution in [-0.4, -0.2) is 23.1 Å². The molecule has 2 amide bonds. The SMILES string of the molecule is Cc1noc(C)c1CN(C)C(=O)N[C@H](C)c1csc2ccccc12. The van der Waals surface area contributed by atoms with Gasteiger partial charge in [0, 0.05) is 17.3 Å². The molecule has 0 fully saturated rings. The molecule has 0 aliphatic rings. The lowest BCUT2D eigenvalue weighted by Crippen LogP contribution is -2.38. The number of hydrogen-bond donors (Lipinski definition) is 1. The van der Waals surface area contributed by atoms with Gasteiger partial charge in [-0.25, -0.2) is 4.79 Å². The fourth-order valence-corrected chi connectivity index (χ4v) is 3.80. The minimum absolute atomic E-state index is 0.0548. The molecule has 24 heavy (non-hydrogen) atoms. The summed E-state index contributed by atoms with van der Waals surface area (Å²) in [4.78, 5) is 14.2. The molecule has 0 saturated carbocycles. The Morgan fingerprint density at radius 1 is 1.38 bits per heavy atom. The molecule has 0 aliphatic heterocycles. The molecule has 6 heteroatoms. The molecule has 3 rings (SSSR count). The molecular formula is C18H21N3O2S. The number of rotatable bonds is 4. The summed E-state index contributed by atoms with van der Waals surface area (Å²) in [6, 6.07) is 8.08. The second kappa shape index (κ2) is 6.65. The van der Waals surface area contributed by atoms with Crippen LogP contribution in [0.15, 0.2) is 34.2 Å². The molecule has 0 spiro atoms. The van der Waals surface area contributed by atoms with E-state index in [1.807, 2.05) is 32.9 Å². The molecule has 2 aromatic heterocycles. The van der Waals surface area contributed by atoms with Gasteiger partial charge in [0.25, 0.3) is 0 Å². The second-order valence-electron chi connectivity index (χ2n) is 6.02. The minimum Gasteiger partial charge on any atom is -0.361 e. The lowest BCUT2D eigenvalue weighted by molar-refractivity contribution is 0.203. The van der Waals surface area contributed by atoms with Crippen LogP contribution in [-0.2, 0) is 6.54 Å². The van der Waals surface area contributed by atoms with Gasteiger partial charge in [-0.2, -0.15) is 0 Å². The van der Waals surface area contributed by atoms with Crippen LogP contribution in [0.1, 0.15) is 35.5 Å². The van der Waals surface area contributed by atoms with E-state index in [1.165, 1.54) is 10.1 Å². The zero-order valence-corrected chi connectivity index (χ0v) is 15.1. The Bertz CT molecular complexity index is 849. The molecule has 1 N–H and O–H groups in total. The van der Waals surface area contributed by atoms with Gasteiger partial charge >= 0.3 is 6.03 Å². The molecule has 0 bridgehead atoms. The smallest absolute Gasteiger partial charge is 0.317 e. The van der Waals surface area contributed by atoms with Crippen LogP contribution in [0.25, 0.3) is 10.1 Å². The number of amides is 2. The maximum atomic E-state index is 12.5. The van der Waals surface area contributed by atoms with Crippen molar-refractivity contribution in [2.24, 2.45) is 0 Å². The number of nitrogens with one attached hydrogen (secondary N) is 1. The number of fused-ring (bicyclic) bond motifs is 1. The zero-order valence-electron chi connectivity index (χ0n) is 14.3. The maximum Gasteiger partial charge on any atom is 0.317 e. The van der Waals surface area contributed by atoms with Gasteiger partial charge in [-0.15, -0.1) is 11.3 Å². The van der Waals surface area contributed by atoms with Gasteiger partial charge in [0.05, 0.1) is 18.3 Å². The number of hydrogen-bond acceptors (Lipinski definition) is 4. The first-order chi connectivity index (χ1) is 11.5. The minimum atomic E-state index is -0.113. The molecule has 2 heterocycles. The van der Waals surface area contributed by atoms with E-state index >= 15 is 0 Å². The average molecular weight is 343 g/mol. The predicted molar refractivity (Wildman–Crippen MR) is 96.2 cm³/mol. The number of urea groups is 1. The topological polar surface area (TPSA) is 58.4 Å². The summed E-state index contributed by atoms with van der Waals surface area (Å²) < 4.78 is 6.39. The normalized spacial score (nSPS) is 12.3. The molecule has 126 valence electrons. The zero-order chi connectivity index (χ0) is 17.3. The summed E-state index contributed by atoms with van der Waals surface area (Å²) in [6.07, 6.45) is 0.